The van der Waals surface area contributed by atoms with Crippen LogP contribution in [0.25, 0.3) is 10.8 Å². The molecule has 0 atom stereocenters. The van der Waals surface area contributed by atoms with Gasteiger partial charge in [-0.15, -0.1) is 0 Å². The van der Waals surface area contributed by atoms with Crippen LogP contribution in [0.15, 0.2) is 97.1 Å². The summed E-state index contributed by atoms with van der Waals surface area (Å²) in [6.07, 6.45) is 0.145. The number of hydrazine groups is 1. The molecule has 0 saturated heterocycles. The molecule has 32 heavy (non-hydrogen) atoms. The van der Waals surface area contributed by atoms with E-state index in [1.165, 1.54) is 0 Å². The molecule has 0 fully saturated rings. The van der Waals surface area contributed by atoms with Crippen molar-refractivity contribution in [2.75, 3.05) is 5.32 Å². The lowest BCUT2D eigenvalue weighted by atomic mass is 10.0. The van der Waals surface area contributed by atoms with Crippen molar-refractivity contribution in [3.8, 4) is 0 Å². The van der Waals surface area contributed by atoms with Crippen molar-refractivity contribution in [1.29, 1.82) is 0 Å². The predicted octanol–water partition coefficient (Wildman–Crippen LogP) is 4.10. The minimum atomic E-state index is -0.447. The second-order valence-corrected chi connectivity index (χ2v) is 7.21. The van der Waals surface area contributed by atoms with Gasteiger partial charge >= 0.3 is 0 Å². The Bertz CT molecular complexity index is 1260. The average Bonchev–Trinajstić information content (AvgIpc) is 2.84. The predicted molar refractivity (Wildman–Crippen MR) is 124 cm³/mol. The SMILES string of the molecule is O=C(Cc1cccc2ccccc12)NNC(=O)c1ccc(NC(=O)c2ccccc2)cc1. The van der Waals surface area contributed by atoms with E-state index in [1.54, 1.807) is 48.5 Å². The van der Waals surface area contributed by atoms with E-state index in [1.807, 2.05) is 48.5 Å². The second kappa shape index (κ2) is 9.57. The van der Waals surface area contributed by atoms with Gasteiger partial charge in [0.2, 0.25) is 5.91 Å². The van der Waals surface area contributed by atoms with Crippen LogP contribution in [0.2, 0.25) is 0 Å². The molecule has 0 bridgehead atoms. The fraction of sp³-hybridized carbons (Fsp3) is 0.0385. The molecule has 4 rings (SSSR count). The number of rotatable bonds is 5. The number of nitrogens with one attached hydrogen (secondary N) is 3. The van der Waals surface area contributed by atoms with E-state index < -0.39 is 5.91 Å². The lowest BCUT2D eigenvalue weighted by molar-refractivity contribution is -0.121. The van der Waals surface area contributed by atoms with Gasteiger partial charge in [-0.1, -0.05) is 60.7 Å². The first-order valence-electron chi connectivity index (χ1n) is 10.1. The van der Waals surface area contributed by atoms with Crippen molar-refractivity contribution in [2.24, 2.45) is 0 Å². The number of carbonyl (C=O) groups excluding carboxylic acids is 3. The van der Waals surface area contributed by atoms with Gasteiger partial charge in [0.15, 0.2) is 0 Å². The highest BCUT2D eigenvalue weighted by molar-refractivity contribution is 6.04. The van der Waals surface area contributed by atoms with E-state index in [2.05, 4.69) is 16.2 Å². The van der Waals surface area contributed by atoms with Crippen LogP contribution in [-0.4, -0.2) is 17.7 Å². The summed E-state index contributed by atoms with van der Waals surface area (Å²) in [5.41, 5.74) is 7.23. The summed E-state index contributed by atoms with van der Waals surface area (Å²) >= 11 is 0. The van der Waals surface area contributed by atoms with Crippen molar-refractivity contribution in [2.45, 2.75) is 6.42 Å². The van der Waals surface area contributed by atoms with Crippen molar-refractivity contribution < 1.29 is 14.4 Å². The monoisotopic (exact) mass is 423 g/mol. The molecule has 0 aliphatic carbocycles. The van der Waals surface area contributed by atoms with Crippen molar-refractivity contribution in [1.82, 2.24) is 10.9 Å². The van der Waals surface area contributed by atoms with Crippen LogP contribution < -0.4 is 16.2 Å². The van der Waals surface area contributed by atoms with E-state index in [0.717, 1.165) is 16.3 Å². The van der Waals surface area contributed by atoms with E-state index in [9.17, 15) is 14.4 Å². The number of amides is 3. The normalized spacial score (nSPS) is 10.4. The zero-order valence-corrected chi connectivity index (χ0v) is 17.2. The summed E-state index contributed by atoms with van der Waals surface area (Å²) in [5.74, 6) is -0.998. The zero-order valence-electron chi connectivity index (χ0n) is 17.2. The molecule has 4 aromatic rings. The van der Waals surface area contributed by atoms with Crippen molar-refractivity contribution in [3.63, 3.8) is 0 Å². The van der Waals surface area contributed by atoms with Crippen molar-refractivity contribution in [3.05, 3.63) is 114 Å². The van der Waals surface area contributed by atoms with Gasteiger partial charge in [0.05, 0.1) is 6.42 Å². The van der Waals surface area contributed by atoms with Crippen LogP contribution >= 0.6 is 0 Å². The molecule has 0 heterocycles. The van der Waals surface area contributed by atoms with Crippen LogP contribution in [0.3, 0.4) is 0 Å². The first-order valence-corrected chi connectivity index (χ1v) is 10.1. The summed E-state index contributed by atoms with van der Waals surface area (Å²) in [7, 11) is 0. The van der Waals surface area contributed by atoms with Gasteiger partial charge in [0, 0.05) is 16.8 Å². The van der Waals surface area contributed by atoms with Crippen LogP contribution in [0.5, 0.6) is 0 Å². The molecule has 6 nitrogen and oxygen atoms in total. The van der Waals surface area contributed by atoms with Gasteiger partial charge in [0.1, 0.15) is 0 Å². The number of fused-ring (bicyclic) bond motifs is 1. The van der Waals surface area contributed by atoms with E-state index in [-0.39, 0.29) is 18.2 Å². The summed E-state index contributed by atoms with van der Waals surface area (Å²) in [5, 5.41) is 4.84. The molecule has 3 N–H and O–H groups in total. The molecule has 0 spiro atoms. The average molecular weight is 423 g/mol. The van der Waals surface area contributed by atoms with E-state index in [4.69, 9.17) is 0 Å². The van der Waals surface area contributed by atoms with E-state index in [0.29, 0.717) is 16.8 Å². The topological polar surface area (TPSA) is 87.3 Å². The van der Waals surface area contributed by atoms with Crippen molar-refractivity contribution >= 4 is 34.2 Å². The number of benzene rings is 4. The minimum Gasteiger partial charge on any atom is -0.322 e. The third kappa shape index (κ3) is 4.99. The Morgan fingerprint density at radius 2 is 1.25 bits per heavy atom. The molecule has 158 valence electrons. The number of hydrogen-bond acceptors (Lipinski definition) is 3. The molecule has 3 amide bonds. The maximum atomic E-state index is 12.4. The standard InChI is InChI=1S/C26H21N3O3/c30-24(17-21-11-6-10-18-7-4-5-12-23(18)21)28-29-26(32)20-13-15-22(16-14-20)27-25(31)19-8-2-1-3-9-19/h1-16H,17H2,(H,27,31)(H,28,30)(H,29,32). The Balaban J connectivity index is 1.32. The fourth-order valence-corrected chi connectivity index (χ4v) is 3.36. The molecule has 0 unspecified atom stereocenters. The Morgan fingerprint density at radius 3 is 2.03 bits per heavy atom. The quantitative estimate of drug-likeness (QED) is 0.423. The first-order chi connectivity index (χ1) is 15.6. The molecule has 0 aromatic heterocycles. The Labute approximate surface area is 185 Å². The highest BCUT2D eigenvalue weighted by Gasteiger charge is 2.11. The Morgan fingerprint density at radius 1 is 0.594 bits per heavy atom. The Hall–Kier alpha value is -4.45. The summed E-state index contributed by atoms with van der Waals surface area (Å²) in [4.78, 5) is 36.9. The molecular weight excluding hydrogens is 402 g/mol. The van der Waals surface area contributed by atoms with Gasteiger partial charge in [0.25, 0.3) is 11.8 Å². The fourth-order valence-electron chi connectivity index (χ4n) is 3.36. The lowest BCUT2D eigenvalue weighted by Gasteiger charge is -2.10. The van der Waals surface area contributed by atoms with E-state index >= 15 is 0 Å². The molecule has 0 radical (unpaired) electrons. The largest absolute Gasteiger partial charge is 0.322 e. The lowest BCUT2D eigenvalue weighted by Crippen LogP contribution is -2.42. The molecule has 4 aromatic carbocycles. The van der Waals surface area contributed by atoms with Crippen LogP contribution in [0.4, 0.5) is 5.69 Å². The second-order valence-electron chi connectivity index (χ2n) is 7.21. The van der Waals surface area contributed by atoms with Crippen LogP contribution in [-0.2, 0) is 11.2 Å². The third-order valence-corrected chi connectivity index (χ3v) is 4.99. The maximum absolute atomic E-state index is 12.4. The summed E-state index contributed by atoms with van der Waals surface area (Å²) < 4.78 is 0. The van der Waals surface area contributed by atoms with Gasteiger partial charge in [-0.25, -0.2) is 0 Å². The van der Waals surface area contributed by atoms with Gasteiger partial charge in [-0.05, 0) is 52.7 Å². The number of hydrogen-bond donors (Lipinski definition) is 3. The summed E-state index contributed by atoms with van der Waals surface area (Å²) in [6, 6.07) is 28.9. The maximum Gasteiger partial charge on any atom is 0.269 e. The van der Waals surface area contributed by atoms with Gasteiger partial charge in [-0.2, -0.15) is 0 Å². The molecule has 6 heteroatoms. The minimum absolute atomic E-state index is 0.145. The molecular formula is C26H21N3O3. The highest BCUT2D eigenvalue weighted by Crippen LogP contribution is 2.18. The first kappa shape index (κ1) is 20.8. The number of carbonyl (C=O) groups is 3. The third-order valence-electron chi connectivity index (χ3n) is 4.99. The number of anilines is 1. The Kier molecular flexibility index (Phi) is 6.22. The molecule has 0 saturated carbocycles. The smallest absolute Gasteiger partial charge is 0.269 e. The van der Waals surface area contributed by atoms with Crippen LogP contribution in [0, 0.1) is 0 Å². The highest BCUT2D eigenvalue weighted by atomic mass is 16.2. The van der Waals surface area contributed by atoms with Crippen LogP contribution in [0.1, 0.15) is 26.3 Å². The van der Waals surface area contributed by atoms with Gasteiger partial charge < -0.3 is 5.32 Å². The zero-order chi connectivity index (χ0) is 22.3. The van der Waals surface area contributed by atoms with Gasteiger partial charge in [-0.3, -0.25) is 25.2 Å². The summed E-state index contributed by atoms with van der Waals surface area (Å²) in [6.45, 7) is 0. The molecule has 0 aliphatic heterocycles. The molecule has 0 aliphatic rings.